The van der Waals surface area contributed by atoms with E-state index in [-0.39, 0.29) is 43.5 Å². The Morgan fingerprint density at radius 1 is 0.611 bits per heavy atom. The van der Waals surface area contributed by atoms with Gasteiger partial charge in [0.15, 0.2) is 0 Å². The molecule has 0 amide bonds. The Hall–Kier alpha value is -3.36. The average molecular weight is 556 g/mol. The first-order chi connectivity index (χ1) is 17.0. The fourth-order valence-electron chi connectivity index (χ4n) is 2.82. The molecule has 3 aromatic carbocycles. The number of hydrogen-bond acceptors (Lipinski definition) is 3. The first kappa shape index (κ1) is 32.6. The van der Waals surface area contributed by atoms with E-state index in [9.17, 15) is 15.3 Å². The number of rotatable bonds is 6. The average Bonchev–Trinajstić information content (AvgIpc) is 3.45. The van der Waals surface area contributed by atoms with Crippen molar-refractivity contribution in [3.05, 3.63) is 152 Å². The monoisotopic (exact) mass is 554 g/mol. The summed E-state index contributed by atoms with van der Waals surface area (Å²) in [4.78, 5) is 0. The minimum Gasteiger partial charge on any atom is -0.872 e. The summed E-state index contributed by atoms with van der Waals surface area (Å²) in [5, 5.41) is 32.9. The molecule has 0 spiro atoms. The summed E-state index contributed by atoms with van der Waals surface area (Å²) in [5.41, 5.74) is 2.45. The molecule has 0 fully saturated rings. The molecule has 182 valence electrons. The number of para-hydroxylation sites is 3. The summed E-state index contributed by atoms with van der Waals surface area (Å²) in [6.07, 6.45) is 17.2. The molecular formula is C32H32O3Zr. The topological polar surface area (TPSA) is 69.2 Å². The third-order valence-corrected chi connectivity index (χ3v) is 4.60. The van der Waals surface area contributed by atoms with Crippen molar-refractivity contribution in [2.24, 2.45) is 0 Å². The van der Waals surface area contributed by atoms with Gasteiger partial charge in [-0.1, -0.05) is 108 Å². The summed E-state index contributed by atoms with van der Waals surface area (Å²) in [6, 6.07) is 21.0. The minimum absolute atomic E-state index is 0. The van der Waals surface area contributed by atoms with E-state index in [2.05, 4.69) is 31.9 Å². The molecule has 4 rings (SSSR count). The SMILES string of the molecule is C=CCc1ccccc1[O-].C=CCc1ccccc1[O-].C=CCc1ccccc1[O-].[C-]1=CC=CC1.[Zr+4]. The van der Waals surface area contributed by atoms with Crippen molar-refractivity contribution < 1.29 is 41.5 Å². The summed E-state index contributed by atoms with van der Waals surface area (Å²) >= 11 is 0. The molecule has 0 heterocycles. The fraction of sp³-hybridized carbons (Fsp3) is 0.125. The quantitative estimate of drug-likeness (QED) is 0.286. The second-order valence-electron chi connectivity index (χ2n) is 7.30. The van der Waals surface area contributed by atoms with E-state index in [0.29, 0.717) is 19.3 Å². The molecule has 4 heteroatoms. The Bertz CT molecular complexity index is 967. The van der Waals surface area contributed by atoms with Crippen LogP contribution in [0.15, 0.2) is 129 Å². The summed E-state index contributed by atoms with van der Waals surface area (Å²) in [5.74, 6) is 0.298. The predicted octanol–water partition coefficient (Wildman–Crippen LogP) is 5.77. The molecule has 0 atom stereocenters. The van der Waals surface area contributed by atoms with Crippen molar-refractivity contribution in [2.45, 2.75) is 25.7 Å². The van der Waals surface area contributed by atoms with Gasteiger partial charge in [-0.2, -0.15) is 6.08 Å². The Morgan fingerprint density at radius 2 is 0.944 bits per heavy atom. The summed E-state index contributed by atoms with van der Waals surface area (Å²) in [7, 11) is 0. The predicted molar refractivity (Wildman–Crippen MR) is 141 cm³/mol. The zero-order valence-corrected chi connectivity index (χ0v) is 23.0. The van der Waals surface area contributed by atoms with E-state index in [1.165, 1.54) is 0 Å². The van der Waals surface area contributed by atoms with Crippen LogP contribution in [0.3, 0.4) is 0 Å². The van der Waals surface area contributed by atoms with E-state index < -0.39 is 0 Å². The van der Waals surface area contributed by atoms with Gasteiger partial charge in [0.2, 0.25) is 0 Å². The van der Waals surface area contributed by atoms with Crippen molar-refractivity contribution >= 4 is 0 Å². The van der Waals surface area contributed by atoms with Gasteiger partial charge >= 0.3 is 26.2 Å². The molecule has 0 bridgehead atoms. The molecule has 0 aliphatic heterocycles. The molecule has 36 heavy (non-hydrogen) atoms. The van der Waals surface area contributed by atoms with Gasteiger partial charge in [-0.3, -0.25) is 6.08 Å². The van der Waals surface area contributed by atoms with Gasteiger partial charge in [0.05, 0.1) is 0 Å². The maximum absolute atomic E-state index is 11.0. The maximum Gasteiger partial charge on any atom is 4.00 e. The Morgan fingerprint density at radius 3 is 1.14 bits per heavy atom. The van der Waals surface area contributed by atoms with Gasteiger partial charge in [0.1, 0.15) is 0 Å². The molecule has 1 aliphatic rings. The maximum atomic E-state index is 11.0. The number of hydrogen-bond donors (Lipinski definition) is 0. The second-order valence-corrected chi connectivity index (χ2v) is 7.30. The zero-order chi connectivity index (χ0) is 25.7. The first-order valence-corrected chi connectivity index (χ1v) is 11.3. The van der Waals surface area contributed by atoms with E-state index >= 15 is 0 Å². The van der Waals surface area contributed by atoms with E-state index in [1.54, 1.807) is 54.6 Å². The van der Waals surface area contributed by atoms with Gasteiger partial charge in [-0.15, -0.1) is 43.4 Å². The Balaban J connectivity index is 0.000000460. The zero-order valence-electron chi connectivity index (χ0n) is 20.6. The standard InChI is InChI=1S/3C9H10O.C5H5.Zr/c3*1-2-5-8-6-3-4-7-9(8)10;1-2-4-5-3-1;/h3*2-4,6-7,10H,1,5H2;1-3H,4H2;/q;;;-1;+4/p-3. The largest absolute Gasteiger partial charge is 4.00 e. The van der Waals surface area contributed by atoms with Gasteiger partial charge in [0, 0.05) is 0 Å². The molecule has 0 unspecified atom stereocenters. The van der Waals surface area contributed by atoms with Crippen LogP contribution in [-0.2, 0) is 45.5 Å². The van der Waals surface area contributed by atoms with Crippen LogP contribution in [0.1, 0.15) is 23.1 Å². The van der Waals surface area contributed by atoms with Crippen LogP contribution in [-0.4, -0.2) is 0 Å². The van der Waals surface area contributed by atoms with Crippen molar-refractivity contribution in [3.63, 3.8) is 0 Å². The van der Waals surface area contributed by atoms with Crippen LogP contribution in [0.2, 0.25) is 0 Å². The molecule has 1 aliphatic carbocycles. The molecule has 0 aromatic heterocycles. The Kier molecular flexibility index (Phi) is 19.0. The van der Waals surface area contributed by atoms with Crippen molar-refractivity contribution in [2.75, 3.05) is 0 Å². The van der Waals surface area contributed by atoms with E-state index in [4.69, 9.17) is 0 Å². The van der Waals surface area contributed by atoms with Crippen LogP contribution in [0.25, 0.3) is 0 Å². The van der Waals surface area contributed by atoms with E-state index in [0.717, 1.165) is 23.1 Å². The van der Waals surface area contributed by atoms with Gasteiger partial charge < -0.3 is 15.3 Å². The summed E-state index contributed by atoms with van der Waals surface area (Å²) in [6.45, 7) is 10.7. The Labute approximate surface area is 235 Å². The second kappa shape index (κ2) is 21.0. The smallest absolute Gasteiger partial charge is 0.872 e. The van der Waals surface area contributed by atoms with Gasteiger partial charge in [0.25, 0.3) is 0 Å². The summed E-state index contributed by atoms with van der Waals surface area (Å²) < 4.78 is 0. The molecule has 0 N–H and O–H groups in total. The van der Waals surface area contributed by atoms with Crippen LogP contribution < -0.4 is 15.3 Å². The fourth-order valence-corrected chi connectivity index (χ4v) is 2.82. The number of allylic oxidation sites excluding steroid dienone is 7. The molecule has 0 saturated carbocycles. The van der Waals surface area contributed by atoms with Gasteiger partial charge in [-0.25, -0.2) is 12.2 Å². The van der Waals surface area contributed by atoms with Crippen LogP contribution >= 0.6 is 0 Å². The molecule has 0 saturated heterocycles. The third kappa shape index (κ3) is 14.1. The first-order valence-electron chi connectivity index (χ1n) is 11.3. The van der Waals surface area contributed by atoms with Crippen LogP contribution in [0.4, 0.5) is 0 Å². The number of benzene rings is 3. The molecular weight excluding hydrogens is 524 g/mol. The third-order valence-electron chi connectivity index (χ3n) is 4.60. The van der Waals surface area contributed by atoms with Crippen LogP contribution in [0, 0.1) is 6.08 Å². The van der Waals surface area contributed by atoms with E-state index in [1.807, 2.05) is 48.6 Å². The molecule has 3 nitrogen and oxygen atoms in total. The van der Waals surface area contributed by atoms with Gasteiger partial charge in [-0.05, 0) is 19.3 Å². The van der Waals surface area contributed by atoms with Crippen LogP contribution in [0.5, 0.6) is 17.2 Å². The van der Waals surface area contributed by atoms with Crippen molar-refractivity contribution in [1.82, 2.24) is 0 Å². The molecule has 3 aromatic rings. The van der Waals surface area contributed by atoms with Crippen molar-refractivity contribution in [3.8, 4) is 17.2 Å². The van der Waals surface area contributed by atoms with Crippen molar-refractivity contribution in [1.29, 1.82) is 0 Å². The minimum atomic E-state index is 0. The molecule has 0 radical (unpaired) electrons. The normalized spacial score (nSPS) is 10.1.